The maximum absolute atomic E-state index is 13.0. The van der Waals surface area contributed by atoms with Gasteiger partial charge in [-0.25, -0.2) is 13.2 Å². The number of thiophene rings is 1. The van der Waals surface area contributed by atoms with Gasteiger partial charge in [0.05, 0.1) is 7.11 Å². The number of ether oxygens (including phenoxy) is 1. The third-order valence-electron chi connectivity index (χ3n) is 3.50. The second-order valence-electron chi connectivity index (χ2n) is 5.14. The van der Waals surface area contributed by atoms with Gasteiger partial charge in [0, 0.05) is 16.6 Å². The first-order valence-corrected chi connectivity index (χ1v) is 9.72. The Hall–Kier alpha value is -2.64. The molecule has 0 aliphatic rings. The van der Waals surface area contributed by atoms with Crippen molar-refractivity contribution in [3.05, 3.63) is 70.9 Å². The largest absolute Gasteiger partial charge is 0.465 e. The SMILES string of the molecule is COC(=O)c1scc(-c2ccccc2)c1S(=O)(=O)Nc1ccccc1. The molecule has 0 radical (unpaired) electrons. The third kappa shape index (κ3) is 3.57. The molecule has 0 spiro atoms. The normalized spacial score (nSPS) is 11.1. The summed E-state index contributed by atoms with van der Waals surface area (Å²) in [5.74, 6) is -0.680. The molecule has 0 bridgehead atoms. The summed E-state index contributed by atoms with van der Waals surface area (Å²) < 4.78 is 33.2. The van der Waals surface area contributed by atoms with Gasteiger partial charge in [0.15, 0.2) is 0 Å². The van der Waals surface area contributed by atoms with Crippen LogP contribution in [0.4, 0.5) is 5.69 Å². The predicted octanol–water partition coefficient (Wildman–Crippen LogP) is 4.00. The Morgan fingerprint density at radius 3 is 2.20 bits per heavy atom. The molecule has 3 rings (SSSR count). The highest BCUT2D eigenvalue weighted by molar-refractivity contribution is 7.93. The van der Waals surface area contributed by atoms with Crippen molar-refractivity contribution in [2.75, 3.05) is 11.8 Å². The summed E-state index contributed by atoms with van der Waals surface area (Å²) >= 11 is 1.05. The Morgan fingerprint density at radius 2 is 1.60 bits per heavy atom. The van der Waals surface area contributed by atoms with E-state index in [4.69, 9.17) is 4.74 Å². The number of benzene rings is 2. The highest BCUT2D eigenvalue weighted by Gasteiger charge is 2.29. The van der Waals surface area contributed by atoms with Crippen LogP contribution < -0.4 is 4.72 Å². The van der Waals surface area contributed by atoms with E-state index in [0.717, 1.165) is 11.3 Å². The van der Waals surface area contributed by atoms with E-state index in [1.165, 1.54) is 7.11 Å². The first-order valence-electron chi connectivity index (χ1n) is 7.36. The Morgan fingerprint density at radius 1 is 1.00 bits per heavy atom. The average Bonchev–Trinajstić information content (AvgIpc) is 3.08. The summed E-state index contributed by atoms with van der Waals surface area (Å²) in [4.78, 5) is 12.1. The van der Waals surface area contributed by atoms with Gasteiger partial charge in [-0.1, -0.05) is 48.5 Å². The van der Waals surface area contributed by atoms with Gasteiger partial charge in [0.25, 0.3) is 10.0 Å². The minimum atomic E-state index is -3.97. The first-order chi connectivity index (χ1) is 12.0. The maximum Gasteiger partial charge on any atom is 0.349 e. The highest BCUT2D eigenvalue weighted by Crippen LogP contribution is 2.36. The van der Waals surface area contributed by atoms with Gasteiger partial charge in [0.1, 0.15) is 9.77 Å². The fraction of sp³-hybridized carbons (Fsp3) is 0.0556. The van der Waals surface area contributed by atoms with Crippen molar-refractivity contribution >= 4 is 33.0 Å². The van der Waals surface area contributed by atoms with E-state index in [0.29, 0.717) is 16.8 Å². The van der Waals surface area contributed by atoms with Crippen molar-refractivity contribution in [2.45, 2.75) is 4.90 Å². The number of carbonyl (C=O) groups is 1. The Bertz CT molecular complexity index is 980. The molecule has 0 aliphatic carbocycles. The molecule has 2 aromatic carbocycles. The summed E-state index contributed by atoms with van der Waals surface area (Å²) in [6.07, 6.45) is 0. The van der Waals surface area contributed by atoms with Crippen molar-refractivity contribution in [2.24, 2.45) is 0 Å². The zero-order chi connectivity index (χ0) is 17.9. The van der Waals surface area contributed by atoms with Crippen LogP contribution in [-0.2, 0) is 14.8 Å². The van der Waals surface area contributed by atoms with E-state index >= 15 is 0 Å². The maximum atomic E-state index is 13.0. The summed E-state index contributed by atoms with van der Waals surface area (Å²) in [7, 11) is -2.75. The van der Waals surface area contributed by atoms with Gasteiger partial charge in [-0.05, 0) is 17.7 Å². The quantitative estimate of drug-likeness (QED) is 0.686. The number of para-hydroxylation sites is 1. The zero-order valence-electron chi connectivity index (χ0n) is 13.3. The van der Waals surface area contributed by atoms with Crippen LogP contribution in [0.25, 0.3) is 11.1 Å². The molecule has 0 amide bonds. The van der Waals surface area contributed by atoms with Crippen molar-refractivity contribution in [1.82, 2.24) is 0 Å². The second-order valence-corrected chi connectivity index (χ2v) is 7.64. The van der Waals surface area contributed by atoms with Crippen molar-refractivity contribution in [3.63, 3.8) is 0 Å². The number of rotatable bonds is 5. The van der Waals surface area contributed by atoms with E-state index in [-0.39, 0.29) is 9.77 Å². The minimum absolute atomic E-state index is 0.0461. The van der Waals surface area contributed by atoms with Crippen molar-refractivity contribution in [3.8, 4) is 11.1 Å². The highest BCUT2D eigenvalue weighted by atomic mass is 32.2. The molecule has 0 saturated heterocycles. The van der Waals surface area contributed by atoms with E-state index < -0.39 is 16.0 Å². The van der Waals surface area contributed by atoms with Gasteiger partial charge >= 0.3 is 5.97 Å². The number of hydrogen-bond donors (Lipinski definition) is 1. The molecule has 3 aromatic rings. The van der Waals surface area contributed by atoms with E-state index in [1.54, 1.807) is 47.8 Å². The van der Waals surface area contributed by atoms with Crippen LogP contribution in [-0.4, -0.2) is 21.5 Å². The molecule has 1 heterocycles. The van der Waals surface area contributed by atoms with Gasteiger partial charge in [0.2, 0.25) is 0 Å². The lowest BCUT2D eigenvalue weighted by molar-refractivity contribution is 0.0602. The number of hydrogen-bond acceptors (Lipinski definition) is 5. The summed E-state index contributed by atoms with van der Waals surface area (Å²) in [6, 6.07) is 17.6. The molecule has 5 nitrogen and oxygen atoms in total. The van der Waals surface area contributed by atoms with Gasteiger partial charge < -0.3 is 4.74 Å². The minimum Gasteiger partial charge on any atom is -0.465 e. The lowest BCUT2D eigenvalue weighted by Gasteiger charge is -2.11. The molecule has 128 valence electrons. The molecule has 1 aromatic heterocycles. The number of carbonyl (C=O) groups excluding carboxylic acids is 1. The van der Waals surface area contributed by atoms with Crippen LogP contribution in [0.15, 0.2) is 70.9 Å². The van der Waals surface area contributed by atoms with Crippen molar-refractivity contribution in [1.29, 1.82) is 0 Å². The predicted molar refractivity (Wildman–Crippen MR) is 98.3 cm³/mol. The topological polar surface area (TPSA) is 72.5 Å². The number of anilines is 1. The molecule has 25 heavy (non-hydrogen) atoms. The molecular weight excluding hydrogens is 358 g/mol. The molecule has 7 heteroatoms. The first kappa shape index (κ1) is 17.2. The lowest BCUT2D eigenvalue weighted by Crippen LogP contribution is -2.16. The number of sulfonamides is 1. The van der Waals surface area contributed by atoms with E-state index in [9.17, 15) is 13.2 Å². The number of nitrogens with one attached hydrogen (secondary N) is 1. The Kier molecular flexibility index (Phi) is 4.87. The monoisotopic (exact) mass is 373 g/mol. The molecule has 0 aliphatic heterocycles. The third-order valence-corrected chi connectivity index (χ3v) is 6.05. The number of methoxy groups -OCH3 is 1. The second kappa shape index (κ2) is 7.08. The Labute approximate surface area is 150 Å². The summed E-state index contributed by atoms with van der Waals surface area (Å²) in [5, 5.41) is 1.65. The smallest absolute Gasteiger partial charge is 0.349 e. The van der Waals surface area contributed by atoms with Crippen LogP contribution in [0.2, 0.25) is 0 Å². The standard InChI is InChI=1S/C18H15NO4S2/c1-23-18(20)16-17(15(12-24-16)13-8-4-2-5-9-13)25(21,22)19-14-10-6-3-7-11-14/h2-12,19H,1H3. The Balaban J connectivity index is 2.15. The van der Waals surface area contributed by atoms with Crippen LogP contribution in [0.1, 0.15) is 9.67 Å². The molecule has 1 N–H and O–H groups in total. The molecular formula is C18H15NO4S2. The van der Waals surface area contributed by atoms with Gasteiger partial charge in [-0.3, -0.25) is 4.72 Å². The van der Waals surface area contributed by atoms with E-state index in [2.05, 4.69) is 4.72 Å². The summed E-state index contributed by atoms with van der Waals surface area (Å²) in [5.41, 5.74) is 1.60. The van der Waals surface area contributed by atoms with Crippen LogP contribution >= 0.6 is 11.3 Å². The van der Waals surface area contributed by atoms with Gasteiger partial charge in [-0.2, -0.15) is 0 Å². The lowest BCUT2D eigenvalue weighted by atomic mass is 10.1. The molecule has 0 saturated carbocycles. The fourth-order valence-corrected chi connectivity index (χ4v) is 5.15. The average molecular weight is 373 g/mol. The van der Waals surface area contributed by atoms with Gasteiger partial charge in [-0.15, -0.1) is 11.3 Å². The summed E-state index contributed by atoms with van der Waals surface area (Å²) in [6.45, 7) is 0. The van der Waals surface area contributed by atoms with Crippen molar-refractivity contribution < 1.29 is 17.9 Å². The molecule has 0 atom stereocenters. The fourth-order valence-electron chi connectivity index (χ4n) is 2.38. The zero-order valence-corrected chi connectivity index (χ0v) is 14.9. The molecule has 0 fully saturated rings. The van der Waals surface area contributed by atoms with E-state index in [1.807, 2.05) is 18.2 Å². The number of esters is 1. The van der Waals surface area contributed by atoms with Crippen LogP contribution in [0, 0.1) is 0 Å². The van der Waals surface area contributed by atoms with Crippen LogP contribution in [0.3, 0.4) is 0 Å². The molecule has 0 unspecified atom stereocenters. The van der Waals surface area contributed by atoms with Crippen LogP contribution in [0.5, 0.6) is 0 Å².